The van der Waals surface area contributed by atoms with Crippen LogP contribution in [0.2, 0.25) is 0 Å². The van der Waals surface area contributed by atoms with E-state index in [0.29, 0.717) is 23.5 Å². The molecule has 0 saturated heterocycles. The zero-order valence-electron chi connectivity index (χ0n) is 15.6. The summed E-state index contributed by atoms with van der Waals surface area (Å²) in [4.78, 5) is 35.7. The van der Waals surface area contributed by atoms with E-state index in [1.54, 1.807) is 61.5 Å². The number of nitrogens with one attached hydrogen (secondary N) is 2. The molecule has 2 aromatic rings. The quantitative estimate of drug-likeness (QED) is 0.566. The summed E-state index contributed by atoms with van der Waals surface area (Å²) in [6.45, 7) is 2.08. The van der Waals surface area contributed by atoms with E-state index < -0.39 is 5.97 Å². The van der Waals surface area contributed by atoms with Crippen LogP contribution < -0.4 is 10.6 Å². The monoisotopic (exact) mass is 378 g/mol. The summed E-state index contributed by atoms with van der Waals surface area (Å²) in [7, 11) is 0. The van der Waals surface area contributed by atoms with Gasteiger partial charge in [-0.25, -0.2) is 4.79 Å². The van der Waals surface area contributed by atoms with Crippen LogP contribution in [0.15, 0.2) is 54.6 Å². The van der Waals surface area contributed by atoms with E-state index in [4.69, 9.17) is 4.74 Å². The van der Waals surface area contributed by atoms with E-state index >= 15 is 0 Å². The number of hydrogen-bond acceptors (Lipinski definition) is 4. The van der Waals surface area contributed by atoms with Crippen molar-refractivity contribution in [2.45, 2.75) is 19.8 Å². The van der Waals surface area contributed by atoms with Crippen LogP contribution in [0.5, 0.6) is 0 Å². The van der Waals surface area contributed by atoms with E-state index in [1.165, 1.54) is 6.08 Å². The molecule has 0 heterocycles. The number of hydrogen-bond donors (Lipinski definition) is 2. The van der Waals surface area contributed by atoms with Crippen molar-refractivity contribution in [3.05, 3.63) is 65.7 Å². The van der Waals surface area contributed by atoms with Gasteiger partial charge in [-0.05, 0) is 61.7 Å². The fraction of sp³-hybridized carbons (Fsp3) is 0.227. The Morgan fingerprint density at radius 1 is 1.04 bits per heavy atom. The second kappa shape index (κ2) is 8.99. The molecule has 6 heteroatoms. The lowest BCUT2D eigenvalue weighted by Crippen LogP contribution is -2.15. The molecule has 1 saturated carbocycles. The maximum absolute atomic E-state index is 12.5. The molecule has 0 spiro atoms. The van der Waals surface area contributed by atoms with Crippen molar-refractivity contribution >= 4 is 35.2 Å². The minimum Gasteiger partial charge on any atom is -0.463 e. The number of benzene rings is 2. The number of amides is 2. The summed E-state index contributed by atoms with van der Waals surface area (Å²) in [6.07, 6.45) is 4.86. The normalized spacial score (nSPS) is 13.2. The molecule has 144 valence electrons. The predicted octanol–water partition coefficient (Wildman–Crippen LogP) is 3.86. The molecule has 0 aliphatic heterocycles. The molecule has 2 amide bonds. The van der Waals surface area contributed by atoms with Gasteiger partial charge in [-0.3, -0.25) is 9.59 Å². The number of carbonyl (C=O) groups excluding carboxylic acids is 3. The van der Waals surface area contributed by atoms with Crippen molar-refractivity contribution in [2.75, 3.05) is 17.2 Å². The predicted molar refractivity (Wildman–Crippen MR) is 108 cm³/mol. The first-order valence-electron chi connectivity index (χ1n) is 9.22. The number of anilines is 2. The summed E-state index contributed by atoms with van der Waals surface area (Å²) >= 11 is 0. The van der Waals surface area contributed by atoms with Crippen LogP contribution in [0.4, 0.5) is 11.4 Å². The highest BCUT2D eigenvalue weighted by molar-refractivity contribution is 6.05. The molecule has 6 nitrogen and oxygen atoms in total. The van der Waals surface area contributed by atoms with E-state index in [9.17, 15) is 14.4 Å². The van der Waals surface area contributed by atoms with Gasteiger partial charge < -0.3 is 15.4 Å². The molecule has 0 aromatic heterocycles. The van der Waals surface area contributed by atoms with Gasteiger partial charge in [-0.15, -0.1) is 0 Å². The van der Waals surface area contributed by atoms with Gasteiger partial charge in [0.05, 0.1) is 6.61 Å². The van der Waals surface area contributed by atoms with Gasteiger partial charge in [-0.1, -0.05) is 18.2 Å². The molecular weight excluding hydrogens is 356 g/mol. The molecule has 28 heavy (non-hydrogen) atoms. The molecule has 0 bridgehead atoms. The van der Waals surface area contributed by atoms with Gasteiger partial charge in [-0.2, -0.15) is 0 Å². The molecule has 2 N–H and O–H groups in total. The minimum atomic E-state index is -0.395. The minimum absolute atomic E-state index is 0.00372. The molecule has 0 atom stereocenters. The molecular formula is C22H22N2O4. The van der Waals surface area contributed by atoms with Gasteiger partial charge >= 0.3 is 5.97 Å². The van der Waals surface area contributed by atoms with Crippen molar-refractivity contribution in [1.29, 1.82) is 0 Å². The Morgan fingerprint density at radius 3 is 2.46 bits per heavy atom. The summed E-state index contributed by atoms with van der Waals surface area (Å²) in [6, 6.07) is 13.9. The average Bonchev–Trinajstić information content (AvgIpc) is 3.53. The van der Waals surface area contributed by atoms with Crippen LogP contribution >= 0.6 is 0 Å². The van der Waals surface area contributed by atoms with Crippen LogP contribution in [0.3, 0.4) is 0 Å². The first kappa shape index (κ1) is 19.4. The zero-order valence-corrected chi connectivity index (χ0v) is 15.6. The molecule has 0 radical (unpaired) electrons. The summed E-state index contributed by atoms with van der Waals surface area (Å²) in [5.74, 6) is -0.552. The second-order valence-corrected chi connectivity index (χ2v) is 6.51. The Hall–Kier alpha value is -3.41. The first-order valence-corrected chi connectivity index (χ1v) is 9.22. The molecule has 0 unspecified atom stereocenters. The highest BCUT2D eigenvalue weighted by atomic mass is 16.5. The molecule has 1 aliphatic rings. The van der Waals surface area contributed by atoms with Gasteiger partial charge in [0.25, 0.3) is 5.91 Å². The van der Waals surface area contributed by atoms with Crippen molar-refractivity contribution < 1.29 is 19.1 Å². The lowest BCUT2D eigenvalue weighted by Gasteiger charge is -2.08. The summed E-state index contributed by atoms with van der Waals surface area (Å²) in [5, 5.41) is 5.66. The maximum atomic E-state index is 12.5. The Bertz CT molecular complexity index is 899. The SMILES string of the molecule is CCOC(=O)/C=C/c1ccc(NC(=O)c2cccc(NC(=O)C3CC3)c2)cc1. The van der Waals surface area contributed by atoms with E-state index in [0.717, 1.165) is 18.4 Å². The van der Waals surface area contributed by atoms with Gasteiger partial charge in [0, 0.05) is 28.9 Å². The lowest BCUT2D eigenvalue weighted by atomic mass is 10.1. The van der Waals surface area contributed by atoms with Crippen molar-refractivity contribution in [2.24, 2.45) is 5.92 Å². The highest BCUT2D eigenvalue weighted by Crippen LogP contribution is 2.30. The lowest BCUT2D eigenvalue weighted by molar-refractivity contribution is -0.137. The largest absolute Gasteiger partial charge is 0.463 e. The molecule has 3 rings (SSSR count). The standard InChI is InChI=1S/C22H22N2O4/c1-2-28-20(25)13-8-15-6-11-18(12-7-15)23-22(27)17-4-3-5-19(14-17)24-21(26)16-9-10-16/h3-8,11-14,16H,2,9-10H2,1H3,(H,23,27)(H,24,26)/b13-8+. The number of esters is 1. The molecule has 1 fully saturated rings. The highest BCUT2D eigenvalue weighted by Gasteiger charge is 2.29. The van der Waals surface area contributed by atoms with Gasteiger partial charge in [0.1, 0.15) is 0 Å². The Labute approximate surface area is 163 Å². The van der Waals surface area contributed by atoms with E-state index in [2.05, 4.69) is 10.6 Å². The topological polar surface area (TPSA) is 84.5 Å². The third kappa shape index (κ3) is 5.54. The molecule has 2 aromatic carbocycles. The van der Waals surface area contributed by atoms with Crippen LogP contribution in [0.25, 0.3) is 6.08 Å². The van der Waals surface area contributed by atoms with Crippen LogP contribution in [-0.2, 0) is 14.3 Å². The number of carbonyl (C=O) groups is 3. The Kier molecular flexibility index (Phi) is 6.22. The third-order valence-corrected chi connectivity index (χ3v) is 4.21. The fourth-order valence-corrected chi connectivity index (χ4v) is 2.56. The number of ether oxygens (including phenoxy) is 1. The van der Waals surface area contributed by atoms with Crippen molar-refractivity contribution in [3.63, 3.8) is 0 Å². The van der Waals surface area contributed by atoms with Crippen molar-refractivity contribution in [1.82, 2.24) is 0 Å². The van der Waals surface area contributed by atoms with Gasteiger partial charge in [0.15, 0.2) is 0 Å². The average molecular weight is 378 g/mol. The van der Waals surface area contributed by atoms with Crippen LogP contribution in [-0.4, -0.2) is 24.4 Å². The third-order valence-electron chi connectivity index (χ3n) is 4.21. The smallest absolute Gasteiger partial charge is 0.330 e. The summed E-state index contributed by atoms with van der Waals surface area (Å²) < 4.78 is 4.83. The van der Waals surface area contributed by atoms with Crippen LogP contribution in [0.1, 0.15) is 35.7 Å². The molecule has 1 aliphatic carbocycles. The van der Waals surface area contributed by atoms with E-state index in [1.807, 2.05) is 0 Å². The Balaban J connectivity index is 1.59. The maximum Gasteiger partial charge on any atom is 0.330 e. The zero-order chi connectivity index (χ0) is 19.9. The second-order valence-electron chi connectivity index (χ2n) is 6.51. The number of rotatable bonds is 7. The fourth-order valence-electron chi connectivity index (χ4n) is 2.56. The first-order chi connectivity index (χ1) is 13.5. The van der Waals surface area contributed by atoms with Gasteiger partial charge in [0.2, 0.25) is 5.91 Å². The van der Waals surface area contributed by atoms with E-state index in [-0.39, 0.29) is 17.7 Å². The van der Waals surface area contributed by atoms with Crippen molar-refractivity contribution in [3.8, 4) is 0 Å². The summed E-state index contributed by atoms with van der Waals surface area (Å²) in [5.41, 5.74) is 2.52. The Morgan fingerprint density at radius 2 is 1.79 bits per heavy atom. The van der Waals surface area contributed by atoms with Crippen LogP contribution in [0, 0.1) is 5.92 Å².